The quantitative estimate of drug-likeness (QED) is 0.720. The van der Waals surface area contributed by atoms with Crippen molar-refractivity contribution < 1.29 is 9.90 Å². The lowest BCUT2D eigenvalue weighted by Gasteiger charge is -2.18. The van der Waals surface area contributed by atoms with Gasteiger partial charge in [0.2, 0.25) is 0 Å². The van der Waals surface area contributed by atoms with Crippen LogP contribution < -0.4 is 5.32 Å². The lowest BCUT2D eigenvalue weighted by Crippen LogP contribution is -2.33. The molecule has 0 aliphatic heterocycles. The Morgan fingerprint density at radius 1 is 1.25 bits per heavy atom. The number of benzene rings is 2. The monoisotopic (exact) mass is 341 g/mol. The Hall–Kier alpha value is -2.44. The second-order valence-corrected chi connectivity index (χ2v) is 6.16. The Balaban J connectivity index is 1.82. The van der Waals surface area contributed by atoms with Crippen molar-refractivity contribution in [3.8, 4) is 0 Å². The Kier molecular flexibility index (Phi) is 5.08. The zero-order valence-corrected chi connectivity index (χ0v) is 14.2. The van der Waals surface area contributed by atoms with Crippen molar-refractivity contribution in [2.45, 2.75) is 6.92 Å². The van der Waals surface area contributed by atoms with Gasteiger partial charge in [0.1, 0.15) is 5.69 Å². The van der Waals surface area contributed by atoms with Crippen LogP contribution in [0.1, 0.15) is 17.4 Å². The van der Waals surface area contributed by atoms with Crippen LogP contribution in [0.3, 0.4) is 0 Å². The summed E-state index contributed by atoms with van der Waals surface area (Å²) in [5.74, 6) is -0.159. The number of likely N-dealkylation sites (N-methyl/N-ethyl adjacent to an activating group) is 1. The van der Waals surface area contributed by atoms with E-state index in [1.54, 1.807) is 10.3 Å². The largest absolute Gasteiger partial charge is 0.395 e. The number of anilines is 2. The van der Waals surface area contributed by atoms with E-state index in [2.05, 4.69) is 28.5 Å². The predicted molar refractivity (Wildman–Crippen MR) is 98.0 cm³/mol. The fourth-order valence-electron chi connectivity index (χ4n) is 2.56. The molecule has 1 amide bonds. The maximum Gasteiger partial charge on any atom is 0.273 e. The highest BCUT2D eigenvalue weighted by Crippen LogP contribution is 2.28. The van der Waals surface area contributed by atoms with Crippen molar-refractivity contribution in [2.24, 2.45) is 0 Å². The fraction of sp³-hybridized carbons (Fsp3) is 0.222. The highest BCUT2D eigenvalue weighted by molar-refractivity contribution is 7.14. The van der Waals surface area contributed by atoms with E-state index in [-0.39, 0.29) is 12.5 Å². The SMILES string of the molecule is CCN(CCO)C(=O)c1csc(Nc2cccc3ccccc23)n1. The molecule has 6 heteroatoms. The van der Waals surface area contributed by atoms with Crippen LogP contribution in [0.5, 0.6) is 0 Å². The van der Waals surface area contributed by atoms with Crippen LogP contribution in [0, 0.1) is 0 Å². The highest BCUT2D eigenvalue weighted by atomic mass is 32.1. The van der Waals surface area contributed by atoms with Crippen LogP contribution in [0.15, 0.2) is 47.8 Å². The van der Waals surface area contributed by atoms with Crippen LogP contribution >= 0.6 is 11.3 Å². The summed E-state index contributed by atoms with van der Waals surface area (Å²) >= 11 is 1.40. The van der Waals surface area contributed by atoms with Crippen molar-refractivity contribution in [3.05, 3.63) is 53.5 Å². The molecule has 0 aliphatic carbocycles. The number of rotatable bonds is 6. The Morgan fingerprint density at radius 3 is 2.83 bits per heavy atom. The number of aliphatic hydroxyl groups is 1. The number of nitrogens with one attached hydrogen (secondary N) is 1. The van der Waals surface area contributed by atoms with E-state index >= 15 is 0 Å². The van der Waals surface area contributed by atoms with Gasteiger partial charge in [-0.1, -0.05) is 36.4 Å². The van der Waals surface area contributed by atoms with Crippen molar-refractivity contribution >= 4 is 38.8 Å². The second kappa shape index (κ2) is 7.42. The van der Waals surface area contributed by atoms with Gasteiger partial charge in [-0.25, -0.2) is 4.98 Å². The highest BCUT2D eigenvalue weighted by Gasteiger charge is 2.17. The van der Waals surface area contributed by atoms with Gasteiger partial charge >= 0.3 is 0 Å². The molecule has 0 bridgehead atoms. The summed E-state index contributed by atoms with van der Waals surface area (Å²) in [5.41, 5.74) is 1.36. The lowest BCUT2D eigenvalue weighted by atomic mass is 10.1. The molecule has 0 unspecified atom stereocenters. The fourth-order valence-corrected chi connectivity index (χ4v) is 3.26. The van der Waals surface area contributed by atoms with Gasteiger partial charge in [-0.3, -0.25) is 4.79 Å². The third-order valence-electron chi connectivity index (χ3n) is 3.79. The van der Waals surface area contributed by atoms with Crippen LogP contribution in [-0.4, -0.2) is 40.6 Å². The molecule has 0 atom stereocenters. The summed E-state index contributed by atoms with van der Waals surface area (Å²) in [7, 11) is 0. The van der Waals surface area contributed by atoms with Crippen LogP contribution in [-0.2, 0) is 0 Å². The molecule has 5 nitrogen and oxygen atoms in total. The summed E-state index contributed by atoms with van der Waals surface area (Å²) in [4.78, 5) is 18.4. The molecule has 3 rings (SSSR count). The number of aromatic nitrogens is 1. The number of amides is 1. The minimum Gasteiger partial charge on any atom is -0.395 e. The van der Waals surface area contributed by atoms with Gasteiger partial charge in [-0.2, -0.15) is 0 Å². The average molecular weight is 341 g/mol. The van der Waals surface area contributed by atoms with Crippen LogP contribution in [0.25, 0.3) is 10.8 Å². The average Bonchev–Trinajstić information content (AvgIpc) is 3.08. The lowest BCUT2D eigenvalue weighted by molar-refractivity contribution is 0.0727. The maximum atomic E-state index is 12.4. The second-order valence-electron chi connectivity index (χ2n) is 5.30. The summed E-state index contributed by atoms with van der Waals surface area (Å²) < 4.78 is 0. The topological polar surface area (TPSA) is 65.5 Å². The molecule has 24 heavy (non-hydrogen) atoms. The van der Waals surface area contributed by atoms with Crippen molar-refractivity contribution in [3.63, 3.8) is 0 Å². The molecule has 0 fully saturated rings. The maximum absolute atomic E-state index is 12.4. The Labute approximate surface area is 144 Å². The predicted octanol–water partition coefficient (Wildman–Crippen LogP) is 3.49. The molecular weight excluding hydrogens is 322 g/mol. The zero-order chi connectivity index (χ0) is 16.9. The molecule has 0 aliphatic rings. The zero-order valence-electron chi connectivity index (χ0n) is 13.4. The van der Waals surface area contributed by atoms with E-state index in [0.29, 0.717) is 23.9 Å². The number of thiazole rings is 1. The van der Waals surface area contributed by atoms with E-state index in [1.807, 2.05) is 31.2 Å². The van der Waals surface area contributed by atoms with Crippen molar-refractivity contribution in [1.29, 1.82) is 0 Å². The first-order valence-electron chi connectivity index (χ1n) is 7.83. The van der Waals surface area contributed by atoms with Gasteiger partial charge in [0.25, 0.3) is 5.91 Å². The molecule has 0 saturated heterocycles. The molecule has 2 N–H and O–H groups in total. The normalized spacial score (nSPS) is 10.8. The molecule has 0 radical (unpaired) electrons. The summed E-state index contributed by atoms with van der Waals surface area (Å²) in [5, 5.41) is 17.0. The molecule has 3 aromatic rings. The number of fused-ring (bicyclic) bond motifs is 1. The third kappa shape index (κ3) is 3.39. The molecule has 2 aromatic carbocycles. The van der Waals surface area contributed by atoms with E-state index in [4.69, 9.17) is 5.11 Å². The first kappa shape index (κ1) is 16.4. The number of hydrogen-bond acceptors (Lipinski definition) is 5. The minimum absolute atomic E-state index is 0.0508. The van der Waals surface area contributed by atoms with E-state index < -0.39 is 0 Å². The van der Waals surface area contributed by atoms with Gasteiger partial charge in [-0.05, 0) is 18.4 Å². The number of carbonyl (C=O) groups is 1. The summed E-state index contributed by atoms with van der Waals surface area (Å²) in [6.45, 7) is 2.70. The first-order chi connectivity index (χ1) is 11.7. The Bertz CT molecular complexity index is 842. The number of hydrogen-bond donors (Lipinski definition) is 2. The third-order valence-corrected chi connectivity index (χ3v) is 4.55. The molecule has 124 valence electrons. The standard InChI is InChI=1S/C18H19N3O2S/c1-2-21(10-11-22)17(23)16-12-24-18(20-16)19-15-9-5-7-13-6-3-4-8-14(13)15/h3-9,12,22H,2,10-11H2,1H3,(H,19,20). The smallest absolute Gasteiger partial charge is 0.273 e. The number of aliphatic hydroxyl groups excluding tert-OH is 1. The molecule has 0 saturated carbocycles. The van der Waals surface area contributed by atoms with Gasteiger partial charge in [-0.15, -0.1) is 11.3 Å². The van der Waals surface area contributed by atoms with Crippen LogP contribution in [0.4, 0.5) is 10.8 Å². The van der Waals surface area contributed by atoms with E-state index in [9.17, 15) is 4.79 Å². The van der Waals surface area contributed by atoms with Gasteiger partial charge in [0.15, 0.2) is 5.13 Å². The Morgan fingerprint density at radius 2 is 2.04 bits per heavy atom. The minimum atomic E-state index is -0.159. The molecule has 1 aromatic heterocycles. The summed E-state index contributed by atoms with van der Waals surface area (Å²) in [6, 6.07) is 14.2. The molecule has 1 heterocycles. The van der Waals surface area contributed by atoms with E-state index in [0.717, 1.165) is 16.5 Å². The van der Waals surface area contributed by atoms with E-state index in [1.165, 1.54) is 11.3 Å². The molecular formula is C18H19N3O2S. The van der Waals surface area contributed by atoms with Crippen LogP contribution in [0.2, 0.25) is 0 Å². The van der Waals surface area contributed by atoms with Gasteiger partial charge in [0.05, 0.1) is 6.61 Å². The molecule has 0 spiro atoms. The van der Waals surface area contributed by atoms with Crippen molar-refractivity contribution in [1.82, 2.24) is 9.88 Å². The van der Waals surface area contributed by atoms with Gasteiger partial charge in [0, 0.05) is 29.5 Å². The number of nitrogens with zero attached hydrogens (tertiary/aromatic N) is 2. The van der Waals surface area contributed by atoms with Gasteiger partial charge < -0.3 is 15.3 Å². The first-order valence-corrected chi connectivity index (χ1v) is 8.71. The van der Waals surface area contributed by atoms with Crippen molar-refractivity contribution in [2.75, 3.05) is 25.0 Å². The summed E-state index contributed by atoms with van der Waals surface area (Å²) in [6.07, 6.45) is 0. The number of carbonyl (C=O) groups excluding carboxylic acids is 1.